The molecule has 0 bridgehead atoms. The predicted molar refractivity (Wildman–Crippen MR) is 298 cm³/mol. The van der Waals surface area contributed by atoms with Gasteiger partial charge in [0.2, 0.25) is 0 Å². The summed E-state index contributed by atoms with van der Waals surface area (Å²) in [4.78, 5) is 35.6. The van der Waals surface area contributed by atoms with Gasteiger partial charge in [0.15, 0.2) is 6.10 Å². The van der Waals surface area contributed by atoms with Gasteiger partial charge >= 0.3 is 19.8 Å². The first-order valence-electron chi connectivity index (χ1n) is 29.0. The van der Waals surface area contributed by atoms with Crippen LogP contribution in [0.5, 0.6) is 0 Å². The summed E-state index contributed by atoms with van der Waals surface area (Å²) < 4.78 is 34.5. The number of phosphoric acid groups is 1. The maximum atomic E-state index is 12.8. The summed E-state index contributed by atoms with van der Waals surface area (Å²) in [6.07, 6.45) is 65.9. The van der Waals surface area contributed by atoms with E-state index in [0.29, 0.717) is 17.4 Å². The molecule has 0 saturated heterocycles. The molecule has 0 fully saturated rings. The van der Waals surface area contributed by atoms with E-state index in [9.17, 15) is 19.0 Å². The van der Waals surface area contributed by atoms with E-state index in [2.05, 4.69) is 74.6 Å². The Hall–Kier alpha value is -2.29. The fraction of sp³-hybridized carbons (Fsp3) is 0.800. The molecule has 9 nitrogen and oxygen atoms in total. The Labute approximate surface area is 432 Å². The van der Waals surface area contributed by atoms with Gasteiger partial charge in [-0.05, 0) is 77.0 Å². The average Bonchev–Trinajstić information content (AvgIpc) is 3.32. The highest BCUT2D eigenvalue weighted by Crippen LogP contribution is 2.43. The Morgan fingerprint density at radius 2 is 0.814 bits per heavy atom. The highest BCUT2D eigenvalue weighted by atomic mass is 31.2. The number of carbonyl (C=O) groups is 2. The van der Waals surface area contributed by atoms with Crippen molar-refractivity contribution in [2.75, 3.05) is 47.5 Å². The summed E-state index contributed by atoms with van der Waals surface area (Å²) in [7, 11) is 1.46. The summed E-state index contributed by atoms with van der Waals surface area (Å²) in [5, 5.41) is 0. The molecule has 0 rings (SSSR count). The van der Waals surface area contributed by atoms with Crippen molar-refractivity contribution in [3.8, 4) is 0 Å². The van der Waals surface area contributed by atoms with Crippen LogP contribution in [-0.4, -0.2) is 74.9 Å². The van der Waals surface area contributed by atoms with E-state index in [4.69, 9.17) is 18.5 Å². The van der Waals surface area contributed by atoms with E-state index in [1.165, 1.54) is 154 Å². The highest BCUT2D eigenvalue weighted by Gasteiger charge is 2.27. The van der Waals surface area contributed by atoms with Crippen LogP contribution in [0.15, 0.2) is 60.8 Å². The number of likely N-dealkylation sites (N-methyl/N-ethyl adjacent to an activating group) is 1. The lowest BCUT2D eigenvalue weighted by atomic mass is 10.0. The molecular formula is C60H111NO8P+. The maximum absolute atomic E-state index is 12.8. The lowest BCUT2D eigenvalue weighted by Crippen LogP contribution is -2.37. The summed E-state index contributed by atoms with van der Waals surface area (Å²) in [6, 6.07) is 0. The Bertz CT molecular complexity index is 1370. The van der Waals surface area contributed by atoms with Crippen LogP contribution in [0.4, 0.5) is 0 Å². The normalized spacial score (nSPS) is 13.7. The molecule has 0 aliphatic rings. The monoisotopic (exact) mass is 1000 g/mol. The first-order chi connectivity index (χ1) is 34.0. The molecule has 0 amide bonds. The van der Waals surface area contributed by atoms with Gasteiger partial charge in [-0.1, -0.05) is 229 Å². The Morgan fingerprint density at radius 1 is 0.457 bits per heavy atom. The number of phosphoric ester groups is 1. The average molecular weight is 1010 g/mol. The maximum Gasteiger partial charge on any atom is 0.472 e. The Kier molecular flexibility index (Phi) is 49.9. The zero-order valence-corrected chi connectivity index (χ0v) is 47.1. The number of quaternary nitrogens is 1. The number of hydrogen-bond acceptors (Lipinski definition) is 7. The molecule has 0 heterocycles. The number of ether oxygens (including phenoxy) is 2. The molecule has 0 spiro atoms. The van der Waals surface area contributed by atoms with Crippen molar-refractivity contribution in [3.05, 3.63) is 60.8 Å². The minimum atomic E-state index is -4.39. The van der Waals surface area contributed by atoms with Crippen LogP contribution in [0.1, 0.15) is 258 Å². The van der Waals surface area contributed by atoms with E-state index in [1.54, 1.807) is 0 Å². The molecule has 0 aliphatic carbocycles. The molecule has 10 heteroatoms. The summed E-state index contributed by atoms with van der Waals surface area (Å²) in [5.74, 6) is -0.819. The molecule has 0 aromatic carbocycles. The van der Waals surface area contributed by atoms with Gasteiger partial charge in [0.1, 0.15) is 19.8 Å². The van der Waals surface area contributed by atoms with E-state index in [-0.39, 0.29) is 32.0 Å². The Morgan fingerprint density at radius 3 is 1.23 bits per heavy atom. The third kappa shape index (κ3) is 55.0. The molecule has 2 unspecified atom stereocenters. The second kappa shape index (κ2) is 51.6. The van der Waals surface area contributed by atoms with Crippen LogP contribution in [0, 0.1) is 0 Å². The third-order valence-electron chi connectivity index (χ3n) is 12.5. The number of rotatable bonds is 53. The van der Waals surface area contributed by atoms with E-state index in [1.807, 2.05) is 21.1 Å². The third-order valence-corrected chi connectivity index (χ3v) is 13.5. The summed E-state index contributed by atoms with van der Waals surface area (Å²) >= 11 is 0. The summed E-state index contributed by atoms with van der Waals surface area (Å²) in [6.45, 7) is 4.31. The van der Waals surface area contributed by atoms with Crippen molar-refractivity contribution >= 4 is 19.8 Å². The van der Waals surface area contributed by atoms with Crippen LogP contribution < -0.4 is 0 Å². The molecule has 0 aliphatic heterocycles. The topological polar surface area (TPSA) is 108 Å². The standard InChI is InChI=1S/C60H110NO8P/c1-6-8-10-12-14-16-18-20-22-24-25-26-27-28-29-30-31-32-33-34-35-37-38-40-42-44-46-48-50-52-59(62)66-56-58(57-68-70(64,65)67-55-54-61(3,4)5)69-60(63)53-51-49-47-45-43-41-39-36-23-21-19-17-15-13-11-9-7-2/h9,11,15,17,21,23-25,39,41,58H,6-8,10,12-14,16,18-20,22,26-38,40,42-57H2,1-5H3/p+1/b11-9-,17-15-,23-21-,25-24-,41-39-. The number of unbranched alkanes of at least 4 members (excludes halogenated alkanes) is 29. The Balaban J connectivity index is 4.10. The van der Waals surface area contributed by atoms with E-state index in [0.717, 1.165) is 70.6 Å². The van der Waals surface area contributed by atoms with Gasteiger partial charge in [0, 0.05) is 12.8 Å². The molecule has 70 heavy (non-hydrogen) atoms. The number of allylic oxidation sites excluding steroid dienone is 10. The van der Waals surface area contributed by atoms with Gasteiger partial charge in [-0.2, -0.15) is 0 Å². The van der Waals surface area contributed by atoms with Crippen LogP contribution in [0.2, 0.25) is 0 Å². The SMILES string of the molecule is CC/C=C\C/C=C\C/C=C\C/C=C\CCCCCCC(=O)OC(COC(=O)CCCCCCCCCCCCCCCCCCC/C=C\CCCCCCCCCC)COP(=O)(O)OCC[N+](C)(C)C. The van der Waals surface area contributed by atoms with Crippen molar-refractivity contribution in [3.63, 3.8) is 0 Å². The molecule has 0 saturated carbocycles. The molecule has 0 radical (unpaired) electrons. The fourth-order valence-electron chi connectivity index (χ4n) is 8.06. The number of carbonyl (C=O) groups excluding carboxylic acids is 2. The quantitative estimate of drug-likeness (QED) is 0.0211. The summed E-state index contributed by atoms with van der Waals surface area (Å²) in [5.41, 5.74) is 0. The highest BCUT2D eigenvalue weighted by molar-refractivity contribution is 7.47. The van der Waals surface area contributed by atoms with Gasteiger partial charge < -0.3 is 18.9 Å². The second-order valence-corrected chi connectivity index (χ2v) is 22.1. The van der Waals surface area contributed by atoms with Gasteiger partial charge in [0.05, 0.1) is 27.7 Å². The van der Waals surface area contributed by atoms with Gasteiger partial charge in [-0.3, -0.25) is 18.6 Å². The first kappa shape index (κ1) is 67.7. The van der Waals surface area contributed by atoms with Gasteiger partial charge in [-0.15, -0.1) is 0 Å². The largest absolute Gasteiger partial charge is 0.472 e. The molecule has 408 valence electrons. The first-order valence-corrected chi connectivity index (χ1v) is 30.5. The number of nitrogens with zero attached hydrogens (tertiary/aromatic N) is 1. The van der Waals surface area contributed by atoms with Crippen LogP contribution in [0.3, 0.4) is 0 Å². The lowest BCUT2D eigenvalue weighted by molar-refractivity contribution is -0.870. The molecule has 0 aromatic rings. The predicted octanol–water partition coefficient (Wildman–Crippen LogP) is 17.9. The van der Waals surface area contributed by atoms with Crippen molar-refractivity contribution < 1.29 is 42.1 Å². The zero-order valence-electron chi connectivity index (χ0n) is 46.2. The van der Waals surface area contributed by atoms with Crippen LogP contribution >= 0.6 is 7.82 Å². The van der Waals surface area contributed by atoms with Crippen molar-refractivity contribution in [2.24, 2.45) is 0 Å². The van der Waals surface area contributed by atoms with E-state index >= 15 is 0 Å². The number of esters is 2. The fourth-order valence-corrected chi connectivity index (χ4v) is 8.80. The van der Waals surface area contributed by atoms with Gasteiger partial charge in [-0.25, -0.2) is 4.57 Å². The van der Waals surface area contributed by atoms with Crippen LogP contribution in [-0.2, 0) is 32.7 Å². The van der Waals surface area contributed by atoms with Gasteiger partial charge in [0.25, 0.3) is 0 Å². The van der Waals surface area contributed by atoms with Crippen molar-refractivity contribution in [2.45, 2.75) is 264 Å². The molecule has 0 aromatic heterocycles. The van der Waals surface area contributed by atoms with Crippen molar-refractivity contribution in [1.29, 1.82) is 0 Å². The molecule has 1 N–H and O–H groups in total. The molecular weight excluding hydrogens is 894 g/mol. The number of hydrogen-bond donors (Lipinski definition) is 1. The van der Waals surface area contributed by atoms with E-state index < -0.39 is 26.5 Å². The minimum Gasteiger partial charge on any atom is -0.462 e. The zero-order chi connectivity index (χ0) is 51.3. The smallest absolute Gasteiger partial charge is 0.462 e. The minimum absolute atomic E-state index is 0.0253. The van der Waals surface area contributed by atoms with Crippen LogP contribution in [0.25, 0.3) is 0 Å². The lowest BCUT2D eigenvalue weighted by Gasteiger charge is -2.24. The molecule has 2 atom stereocenters. The second-order valence-electron chi connectivity index (χ2n) is 20.6. The van der Waals surface area contributed by atoms with Crippen molar-refractivity contribution in [1.82, 2.24) is 0 Å².